The van der Waals surface area contributed by atoms with Crippen LogP contribution in [0.15, 0.2) is 15.5 Å². The number of carbonyl (C=O) groups excluding carboxylic acids is 1. The van der Waals surface area contributed by atoms with Gasteiger partial charge in [0, 0.05) is 5.38 Å². The molecule has 1 rings (SSSR count). The third-order valence-electron chi connectivity index (χ3n) is 1.51. The first-order valence-corrected chi connectivity index (χ1v) is 5.55. The van der Waals surface area contributed by atoms with E-state index in [4.69, 9.17) is 9.94 Å². The number of oxime groups is 1. The fraction of sp³-hybridized carbons (Fsp3) is 0.333. The number of amides is 1. The van der Waals surface area contributed by atoms with Crippen LogP contribution < -0.4 is 4.80 Å². The first-order chi connectivity index (χ1) is 8.04. The first-order valence-electron chi connectivity index (χ1n) is 4.67. The number of nitrogens with one attached hydrogen (secondary N) is 1. The Hall–Kier alpha value is -1.96. The molecule has 1 heterocycles. The maximum Gasteiger partial charge on any atom is 0.360 e. The number of hydrogen-bond donors (Lipinski definition) is 2. The van der Waals surface area contributed by atoms with Gasteiger partial charge in [-0.3, -0.25) is 4.79 Å². The number of rotatable bonds is 5. The summed E-state index contributed by atoms with van der Waals surface area (Å²) < 4.78 is 0. The normalized spacial score (nSPS) is 12.9. The lowest BCUT2D eigenvalue weighted by Gasteiger charge is -2.03. The molecule has 0 atom stereocenters. The number of aromatic amines is 1. The highest BCUT2D eigenvalue weighted by Gasteiger charge is 2.15. The Morgan fingerprint density at radius 2 is 2.35 bits per heavy atom. The molecule has 0 saturated carbocycles. The van der Waals surface area contributed by atoms with Crippen molar-refractivity contribution < 1.29 is 19.5 Å². The van der Waals surface area contributed by atoms with E-state index in [-0.39, 0.29) is 17.5 Å². The van der Waals surface area contributed by atoms with Crippen LogP contribution in [0.2, 0.25) is 0 Å². The zero-order valence-corrected chi connectivity index (χ0v) is 10.0. The lowest BCUT2D eigenvalue weighted by molar-refractivity contribution is -0.129. The molecule has 1 amide bonds. The number of carboxylic acid groups (broad SMARTS) is 1. The number of H-pyrrole nitrogens is 1. The smallest absolute Gasteiger partial charge is 0.360 e. The number of carboxylic acids is 1. The number of hydrogen-bond acceptors (Lipinski definition) is 5. The molecule has 0 aliphatic heterocycles. The van der Waals surface area contributed by atoms with Crippen molar-refractivity contribution in [3.8, 4) is 0 Å². The highest BCUT2D eigenvalue weighted by atomic mass is 32.1. The van der Waals surface area contributed by atoms with Crippen LogP contribution in [0.4, 0.5) is 0 Å². The first kappa shape index (κ1) is 13.1. The van der Waals surface area contributed by atoms with E-state index in [1.165, 1.54) is 5.38 Å². The Morgan fingerprint density at radius 1 is 1.65 bits per heavy atom. The number of thiazole rings is 1. The van der Waals surface area contributed by atoms with Crippen LogP contribution in [0.1, 0.15) is 19.5 Å². The molecule has 0 aliphatic carbocycles. The topological polar surface area (TPSA) is 104 Å². The van der Waals surface area contributed by atoms with Crippen molar-refractivity contribution in [1.82, 2.24) is 4.98 Å². The number of aliphatic carboxylic acids is 1. The summed E-state index contributed by atoms with van der Waals surface area (Å²) in [5, 5.41) is 14.0. The molecular formula is C9H11N3O4S. The molecular weight excluding hydrogens is 246 g/mol. The van der Waals surface area contributed by atoms with Gasteiger partial charge in [-0.25, -0.2) is 4.79 Å². The van der Waals surface area contributed by atoms with Crippen molar-refractivity contribution >= 4 is 29.4 Å². The highest BCUT2D eigenvalue weighted by Crippen LogP contribution is 2.01. The van der Waals surface area contributed by atoms with Crippen LogP contribution in [0, 0.1) is 0 Å². The van der Waals surface area contributed by atoms with Gasteiger partial charge < -0.3 is 14.9 Å². The third-order valence-corrected chi connectivity index (χ3v) is 2.30. The molecule has 0 fully saturated rings. The van der Waals surface area contributed by atoms with Gasteiger partial charge in [-0.1, -0.05) is 5.16 Å². The average molecular weight is 257 g/mol. The quantitative estimate of drug-likeness (QED) is 0.451. The molecule has 0 aliphatic rings. The molecule has 1 aromatic rings. The summed E-state index contributed by atoms with van der Waals surface area (Å²) in [5.74, 6) is -1.22. The van der Waals surface area contributed by atoms with E-state index in [0.29, 0.717) is 11.2 Å². The summed E-state index contributed by atoms with van der Waals surface area (Å²) in [6, 6.07) is 0. The van der Waals surface area contributed by atoms with Gasteiger partial charge in [0.1, 0.15) is 6.10 Å². The van der Waals surface area contributed by atoms with E-state index in [2.05, 4.69) is 15.1 Å². The second-order valence-corrected chi connectivity index (χ2v) is 4.07. The predicted molar refractivity (Wildman–Crippen MR) is 60.7 cm³/mol. The van der Waals surface area contributed by atoms with Crippen molar-refractivity contribution in [3.05, 3.63) is 15.9 Å². The molecule has 2 N–H and O–H groups in total. The lowest BCUT2D eigenvalue weighted by Crippen LogP contribution is -2.17. The van der Waals surface area contributed by atoms with Gasteiger partial charge in [0.25, 0.3) is 0 Å². The minimum Gasteiger partial charge on any atom is -0.476 e. The van der Waals surface area contributed by atoms with Crippen molar-refractivity contribution in [1.29, 1.82) is 0 Å². The van der Waals surface area contributed by atoms with Crippen LogP contribution in [-0.4, -0.2) is 34.3 Å². The Kier molecular flexibility index (Phi) is 4.58. The van der Waals surface area contributed by atoms with E-state index in [9.17, 15) is 9.59 Å². The monoisotopic (exact) mass is 257 g/mol. The Bertz CT molecular complexity index is 500. The highest BCUT2D eigenvalue weighted by molar-refractivity contribution is 7.07. The minimum absolute atomic E-state index is 0.220. The second kappa shape index (κ2) is 5.94. The standard InChI is InChI=1S/C9H11N3O4S/c1-5(2)16-12-7(8(14)15)6-3-17-9(11-6)10-4-13/h3-5H,1-2H3,(H,14,15)(H,10,11,13)/b12-7-. The van der Waals surface area contributed by atoms with Gasteiger partial charge >= 0.3 is 5.97 Å². The maximum absolute atomic E-state index is 11.0. The van der Waals surface area contributed by atoms with Gasteiger partial charge in [0.15, 0.2) is 4.80 Å². The molecule has 7 nitrogen and oxygen atoms in total. The summed E-state index contributed by atoms with van der Waals surface area (Å²) in [5.41, 5.74) is -0.0222. The zero-order chi connectivity index (χ0) is 12.8. The van der Waals surface area contributed by atoms with Crippen molar-refractivity contribution in [3.63, 3.8) is 0 Å². The fourth-order valence-electron chi connectivity index (χ4n) is 0.876. The van der Waals surface area contributed by atoms with Gasteiger partial charge in [-0.15, -0.1) is 11.3 Å². The van der Waals surface area contributed by atoms with Crippen LogP contribution in [0.25, 0.3) is 0 Å². The predicted octanol–water partition coefficient (Wildman–Crippen LogP) is 0.347. The van der Waals surface area contributed by atoms with Gasteiger partial charge in [-0.2, -0.15) is 4.99 Å². The molecule has 17 heavy (non-hydrogen) atoms. The molecule has 1 aromatic heterocycles. The molecule has 0 unspecified atom stereocenters. The van der Waals surface area contributed by atoms with Crippen LogP contribution >= 0.6 is 11.3 Å². The molecule has 0 radical (unpaired) electrons. The molecule has 8 heteroatoms. The Balaban J connectivity index is 3.06. The lowest BCUT2D eigenvalue weighted by atomic mass is 10.3. The summed E-state index contributed by atoms with van der Waals surface area (Å²) in [4.78, 5) is 32.4. The summed E-state index contributed by atoms with van der Waals surface area (Å²) in [6.45, 7) is 3.46. The SMILES string of the molecule is CC(C)O/N=C(\C(=O)O)c1cs/c(=N/C=O)[nH]1. The minimum atomic E-state index is -1.22. The molecule has 92 valence electrons. The van der Waals surface area contributed by atoms with Gasteiger partial charge in [-0.05, 0) is 13.8 Å². The van der Waals surface area contributed by atoms with E-state index >= 15 is 0 Å². The summed E-state index contributed by atoms with van der Waals surface area (Å²) >= 11 is 1.10. The molecule has 0 spiro atoms. The number of carbonyl (C=O) groups is 2. The van der Waals surface area contributed by atoms with Crippen molar-refractivity contribution in [2.24, 2.45) is 10.1 Å². The van der Waals surface area contributed by atoms with Crippen LogP contribution in [0.3, 0.4) is 0 Å². The average Bonchev–Trinajstić information content (AvgIpc) is 2.66. The fourth-order valence-corrected chi connectivity index (χ4v) is 1.55. The largest absolute Gasteiger partial charge is 0.476 e. The third kappa shape index (κ3) is 3.83. The maximum atomic E-state index is 11.0. The van der Waals surface area contributed by atoms with Gasteiger partial charge in [0.2, 0.25) is 12.1 Å². The second-order valence-electron chi connectivity index (χ2n) is 3.21. The number of aromatic nitrogens is 1. The van der Waals surface area contributed by atoms with Gasteiger partial charge in [0.05, 0.1) is 5.69 Å². The van der Waals surface area contributed by atoms with E-state index in [1.54, 1.807) is 13.8 Å². The number of nitrogens with zero attached hydrogens (tertiary/aromatic N) is 2. The van der Waals surface area contributed by atoms with Crippen molar-refractivity contribution in [2.75, 3.05) is 0 Å². The van der Waals surface area contributed by atoms with E-state index < -0.39 is 5.97 Å². The summed E-state index contributed by atoms with van der Waals surface area (Å²) in [7, 11) is 0. The molecule has 0 aromatic carbocycles. The van der Waals surface area contributed by atoms with Crippen LogP contribution in [-0.2, 0) is 14.4 Å². The van der Waals surface area contributed by atoms with Crippen molar-refractivity contribution in [2.45, 2.75) is 20.0 Å². The van der Waals surface area contributed by atoms with E-state index in [0.717, 1.165) is 11.3 Å². The zero-order valence-electron chi connectivity index (χ0n) is 9.21. The van der Waals surface area contributed by atoms with Crippen LogP contribution in [0.5, 0.6) is 0 Å². The van der Waals surface area contributed by atoms with E-state index in [1.807, 2.05) is 0 Å². The molecule has 0 bridgehead atoms. The molecule has 0 saturated heterocycles. The summed E-state index contributed by atoms with van der Waals surface area (Å²) in [6.07, 6.45) is 0.149. The Labute approximate surface area is 100 Å². The Morgan fingerprint density at radius 3 is 2.88 bits per heavy atom.